The van der Waals surface area contributed by atoms with Gasteiger partial charge in [0, 0.05) is 25.5 Å². The zero-order valence-electron chi connectivity index (χ0n) is 11.3. The standard InChI is InChI=1S/C13H20BrN3OS/c1-15-12(16-9-13(18)6-3-7-13)17(2)8-10-4-5-11(14)19-10/h4-5,18H,3,6-9H2,1-2H3,(H,15,16). The van der Waals surface area contributed by atoms with Gasteiger partial charge in [-0.1, -0.05) is 0 Å². The van der Waals surface area contributed by atoms with Crippen LogP contribution in [0.2, 0.25) is 0 Å². The van der Waals surface area contributed by atoms with Crippen LogP contribution in [0.4, 0.5) is 0 Å². The molecule has 0 saturated heterocycles. The van der Waals surface area contributed by atoms with Crippen LogP contribution in [0.3, 0.4) is 0 Å². The fourth-order valence-electron chi connectivity index (χ4n) is 2.14. The van der Waals surface area contributed by atoms with Crippen molar-refractivity contribution in [3.05, 3.63) is 20.8 Å². The Labute approximate surface area is 126 Å². The van der Waals surface area contributed by atoms with Gasteiger partial charge in [-0.15, -0.1) is 11.3 Å². The first kappa shape index (κ1) is 14.8. The van der Waals surface area contributed by atoms with Crippen molar-refractivity contribution in [3.63, 3.8) is 0 Å². The van der Waals surface area contributed by atoms with E-state index < -0.39 is 5.60 Å². The van der Waals surface area contributed by atoms with Crippen molar-refractivity contribution in [3.8, 4) is 0 Å². The predicted octanol–water partition coefficient (Wildman–Crippen LogP) is 2.43. The molecule has 0 amide bonds. The lowest BCUT2D eigenvalue weighted by Crippen LogP contribution is -2.50. The molecule has 0 bridgehead atoms. The third-order valence-electron chi connectivity index (χ3n) is 3.46. The lowest BCUT2D eigenvalue weighted by molar-refractivity contribution is -0.0282. The number of thiophene rings is 1. The number of aliphatic hydroxyl groups is 1. The van der Waals surface area contributed by atoms with Crippen molar-refractivity contribution < 1.29 is 5.11 Å². The van der Waals surface area contributed by atoms with E-state index in [1.807, 2.05) is 7.05 Å². The minimum atomic E-state index is -0.525. The van der Waals surface area contributed by atoms with Crippen molar-refractivity contribution >= 4 is 33.2 Å². The molecule has 1 fully saturated rings. The van der Waals surface area contributed by atoms with Crippen LogP contribution in [0.5, 0.6) is 0 Å². The maximum atomic E-state index is 10.1. The second-order valence-electron chi connectivity index (χ2n) is 5.04. The van der Waals surface area contributed by atoms with Gasteiger partial charge < -0.3 is 15.3 Å². The molecule has 1 heterocycles. The maximum absolute atomic E-state index is 10.1. The highest BCUT2D eigenvalue weighted by atomic mass is 79.9. The Morgan fingerprint density at radius 2 is 2.32 bits per heavy atom. The zero-order valence-corrected chi connectivity index (χ0v) is 13.7. The lowest BCUT2D eigenvalue weighted by Gasteiger charge is -2.37. The summed E-state index contributed by atoms with van der Waals surface area (Å²) in [6, 6.07) is 4.17. The van der Waals surface area contributed by atoms with Crippen LogP contribution in [-0.4, -0.2) is 42.2 Å². The third kappa shape index (κ3) is 3.94. The largest absolute Gasteiger partial charge is 0.388 e. The fraction of sp³-hybridized carbons (Fsp3) is 0.615. The Hall–Kier alpha value is -0.590. The van der Waals surface area contributed by atoms with E-state index in [2.05, 4.69) is 43.3 Å². The van der Waals surface area contributed by atoms with Gasteiger partial charge in [-0.3, -0.25) is 4.99 Å². The van der Waals surface area contributed by atoms with E-state index in [0.717, 1.165) is 35.6 Å². The van der Waals surface area contributed by atoms with E-state index in [9.17, 15) is 5.11 Å². The summed E-state index contributed by atoms with van der Waals surface area (Å²) in [6.07, 6.45) is 2.90. The summed E-state index contributed by atoms with van der Waals surface area (Å²) in [7, 11) is 3.78. The first-order valence-corrected chi connectivity index (χ1v) is 8.02. The van der Waals surface area contributed by atoms with Crippen LogP contribution in [0.25, 0.3) is 0 Å². The Morgan fingerprint density at radius 3 is 2.79 bits per heavy atom. The molecule has 0 atom stereocenters. The molecule has 4 nitrogen and oxygen atoms in total. The van der Waals surface area contributed by atoms with Gasteiger partial charge in [-0.05, 0) is 47.3 Å². The van der Waals surface area contributed by atoms with Gasteiger partial charge in [-0.25, -0.2) is 0 Å². The van der Waals surface area contributed by atoms with Crippen LogP contribution >= 0.6 is 27.3 Å². The average molecular weight is 346 g/mol. The summed E-state index contributed by atoms with van der Waals surface area (Å²) in [5, 5.41) is 13.3. The minimum absolute atomic E-state index is 0.525. The second-order valence-corrected chi connectivity index (χ2v) is 7.59. The molecule has 1 saturated carbocycles. The molecular weight excluding hydrogens is 326 g/mol. The molecular formula is C13H20BrN3OS. The third-order valence-corrected chi connectivity index (χ3v) is 5.06. The van der Waals surface area contributed by atoms with Crippen LogP contribution in [0.15, 0.2) is 20.9 Å². The molecule has 1 aromatic heterocycles. The van der Waals surface area contributed by atoms with Gasteiger partial charge in [0.1, 0.15) is 0 Å². The number of hydrogen-bond donors (Lipinski definition) is 2. The van der Waals surface area contributed by atoms with Gasteiger partial charge in [0.15, 0.2) is 5.96 Å². The Kier molecular flexibility index (Phi) is 4.86. The number of nitrogens with one attached hydrogen (secondary N) is 1. The van der Waals surface area contributed by atoms with Crippen molar-refractivity contribution in [1.82, 2.24) is 10.2 Å². The molecule has 0 aliphatic heterocycles. The van der Waals surface area contributed by atoms with E-state index in [1.165, 1.54) is 4.88 Å². The topological polar surface area (TPSA) is 47.9 Å². The number of guanidine groups is 1. The lowest BCUT2D eigenvalue weighted by atomic mass is 9.80. The van der Waals surface area contributed by atoms with E-state index >= 15 is 0 Å². The maximum Gasteiger partial charge on any atom is 0.193 e. The number of hydrogen-bond acceptors (Lipinski definition) is 3. The highest BCUT2D eigenvalue weighted by Gasteiger charge is 2.34. The fourth-order valence-corrected chi connectivity index (χ4v) is 3.67. The molecule has 0 radical (unpaired) electrons. The molecule has 19 heavy (non-hydrogen) atoms. The summed E-state index contributed by atoms with van der Waals surface area (Å²) in [5.74, 6) is 0.824. The first-order valence-electron chi connectivity index (χ1n) is 6.41. The smallest absolute Gasteiger partial charge is 0.193 e. The number of rotatable bonds is 4. The van der Waals surface area contributed by atoms with Gasteiger partial charge in [0.25, 0.3) is 0 Å². The van der Waals surface area contributed by atoms with Crippen LogP contribution in [-0.2, 0) is 6.54 Å². The molecule has 0 unspecified atom stereocenters. The Bertz CT molecular complexity index is 456. The summed E-state index contributed by atoms with van der Waals surface area (Å²) in [5.41, 5.74) is -0.525. The average Bonchev–Trinajstić information content (AvgIpc) is 2.73. The van der Waals surface area contributed by atoms with E-state index in [1.54, 1.807) is 18.4 Å². The highest BCUT2D eigenvalue weighted by molar-refractivity contribution is 9.11. The molecule has 2 rings (SSSR count). The molecule has 0 aromatic carbocycles. The molecule has 0 spiro atoms. The van der Waals surface area contributed by atoms with Gasteiger partial charge >= 0.3 is 0 Å². The monoisotopic (exact) mass is 345 g/mol. The van der Waals surface area contributed by atoms with Gasteiger partial charge in [0.2, 0.25) is 0 Å². The van der Waals surface area contributed by atoms with Crippen molar-refractivity contribution in [2.24, 2.45) is 4.99 Å². The first-order chi connectivity index (χ1) is 9.02. The van der Waals surface area contributed by atoms with Crippen molar-refractivity contribution in [1.29, 1.82) is 0 Å². The molecule has 1 aliphatic carbocycles. The number of nitrogens with zero attached hydrogens (tertiary/aromatic N) is 2. The van der Waals surface area contributed by atoms with E-state index in [4.69, 9.17) is 0 Å². The molecule has 6 heteroatoms. The molecule has 2 N–H and O–H groups in total. The Balaban J connectivity index is 1.86. The minimum Gasteiger partial charge on any atom is -0.388 e. The van der Waals surface area contributed by atoms with Crippen molar-refractivity contribution in [2.45, 2.75) is 31.4 Å². The normalized spacial score (nSPS) is 18.0. The van der Waals surface area contributed by atoms with Gasteiger partial charge in [-0.2, -0.15) is 0 Å². The van der Waals surface area contributed by atoms with E-state index in [0.29, 0.717) is 6.54 Å². The highest BCUT2D eigenvalue weighted by Crippen LogP contribution is 2.30. The summed E-state index contributed by atoms with van der Waals surface area (Å²) in [6.45, 7) is 1.40. The summed E-state index contributed by atoms with van der Waals surface area (Å²) in [4.78, 5) is 7.61. The van der Waals surface area contributed by atoms with Gasteiger partial charge in [0.05, 0.1) is 15.9 Å². The molecule has 106 valence electrons. The van der Waals surface area contributed by atoms with Crippen LogP contribution in [0.1, 0.15) is 24.1 Å². The molecule has 1 aliphatic rings. The number of halogens is 1. The summed E-state index contributed by atoms with van der Waals surface area (Å²) < 4.78 is 1.14. The quantitative estimate of drug-likeness (QED) is 0.650. The zero-order chi connectivity index (χ0) is 13.9. The Morgan fingerprint density at radius 1 is 1.58 bits per heavy atom. The number of aliphatic imine (C=N–C) groups is 1. The van der Waals surface area contributed by atoms with Crippen molar-refractivity contribution in [2.75, 3.05) is 20.6 Å². The van der Waals surface area contributed by atoms with Crippen LogP contribution in [0, 0.1) is 0 Å². The summed E-state index contributed by atoms with van der Waals surface area (Å²) >= 11 is 5.20. The second kappa shape index (κ2) is 6.24. The van der Waals surface area contributed by atoms with E-state index in [-0.39, 0.29) is 0 Å². The van der Waals surface area contributed by atoms with Crippen LogP contribution < -0.4 is 5.32 Å². The predicted molar refractivity (Wildman–Crippen MR) is 83.6 cm³/mol. The molecule has 1 aromatic rings. The SMILES string of the molecule is CN=C(NCC1(O)CCC1)N(C)Cc1ccc(Br)s1.